The first-order valence-electron chi connectivity index (χ1n) is 8.90. The fourth-order valence-electron chi connectivity index (χ4n) is 2.55. The van der Waals surface area contributed by atoms with Crippen LogP contribution < -0.4 is 14.9 Å². The van der Waals surface area contributed by atoms with Crippen LogP contribution in [0, 0.1) is 6.92 Å². The first kappa shape index (κ1) is 19.2. The maximum absolute atomic E-state index is 12.0. The van der Waals surface area contributed by atoms with Crippen LogP contribution in [0.4, 0.5) is 0 Å². The van der Waals surface area contributed by atoms with E-state index in [1.807, 2.05) is 36.4 Å². The van der Waals surface area contributed by atoms with Crippen LogP contribution >= 0.6 is 0 Å². The van der Waals surface area contributed by atoms with Gasteiger partial charge in [-0.15, -0.1) is 0 Å². The summed E-state index contributed by atoms with van der Waals surface area (Å²) in [5, 5.41) is 4.00. The summed E-state index contributed by atoms with van der Waals surface area (Å²) in [5.74, 6) is 0.987. The van der Waals surface area contributed by atoms with Gasteiger partial charge in [0.15, 0.2) is 11.5 Å². The second-order valence-corrected chi connectivity index (χ2v) is 6.25. The van der Waals surface area contributed by atoms with E-state index in [1.54, 1.807) is 37.6 Å². The first-order chi connectivity index (χ1) is 13.7. The van der Waals surface area contributed by atoms with Crippen molar-refractivity contribution in [3.05, 3.63) is 95.1 Å². The Labute approximate surface area is 164 Å². The number of methoxy groups -OCH3 is 1. The molecule has 3 aromatic carbocycles. The lowest BCUT2D eigenvalue weighted by Crippen LogP contribution is -2.17. The zero-order valence-electron chi connectivity index (χ0n) is 15.9. The smallest absolute Gasteiger partial charge is 0.271 e. The third-order valence-electron chi connectivity index (χ3n) is 4.12. The molecule has 1 N–H and O–H groups in total. The predicted molar refractivity (Wildman–Crippen MR) is 110 cm³/mol. The van der Waals surface area contributed by atoms with E-state index in [0.717, 1.165) is 11.1 Å². The van der Waals surface area contributed by atoms with E-state index in [9.17, 15) is 4.79 Å². The normalized spacial score (nSPS) is 10.6. The molecule has 0 fully saturated rings. The van der Waals surface area contributed by atoms with Gasteiger partial charge >= 0.3 is 0 Å². The number of aryl methyl sites for hydroxylation is 1. The molecule has 0 aliphatic carbocycles. The van der Waals surface area contributed by atoms with E-state index in [1.165, 1.54) is 5.56 Å². The number of carbonyl (C=O) groups excluding carboxylic acids is 1. The van der Waals surface area contributed by atoms with Gasteiger partial charge in [0.1, 0.15) is 6.61 Å². The van der Waals surface area contributed by atoms with Gasteiger partial charge in [-0.1, -0.05) is 48.0 Å². The van der Waals surface area contributed by atoms with Gasteiger partial charge in [-0.05, 0) is 48.4 Å². The zero-order chi connectivity index (χ0) is 19.8. The van der Waals surface area contributed by atoms with Gasteiger partial charge in [0.05, 0.1) is 13.3 Å². The second kappa shape index (κ2) is 9.37. The largest absolute Gasteiger partial charge is 0.493 e. The van der Waals surface area contributed by atoms with Crippen molar-refractivity contribution in [1.29, 1.82) is 0 Å². The summed E-state index contributed by atoms with van der Waals surface area (Å²) in [6, 6.07) is 22.6. The summed E-state index contributed by atoms with van der Waals surface area (Å²) >= 11 is 0. The zero-order valence-corrected chi connectivity index (χ0v) is 15.9. The molecule has 0 heterocycles. The fraction of sp³-hybridized carbons (Fsp3) is 0.130. The van der Waals surface area contributed by atoms with Crippen LogP contribution in [0.5, 0.6) is 11.5 Å². The van der Waals surface area contributed by atoms with Gasteiger partial charge < -0.3 is 9.47 Å². The Morgan fingerprint density at radius 2 is 1.75 bits per heavy atom. The number of nitrogens with one attached hydrogen (secondary N) is 1. The molecule has 0 unspecified atom stereocenters. The Hall–Kier alpha value is -3.60. The SMILES string of the molecule is COc1cc(/C=N/NC(=O)c2ccccc2)ccc1OCc1ccc(C)cc1. The quantitative estimate of drug-likeness (QED) is 0.494. The summed E-state index contributed by atoms with van der Waals surface area (Å²) in [6.45, 7) is 2.51. The maximum atomic E-state index is 12.0. The molecule has 0 saturated carbocycles. The standard InChI is InChI=1S/C23H22N2O3/c1-17-8-10-18(11-9-17)16-28-21-13-12-19(14-22(21)27-2)15-24-25-23(26)20-6-4-3-5-7-20/h3-15H,16H2,1-2H3,(H,25,26)/b24-15+. The third-order valence-corrected chi connectivity index (χ3v) is 4.12. The van der Waals surface area contributed by atoms with Crippen LogP contribution in [0.2, 0.25) is 0 Å². The molecule has 0 bridgehead atoms. The van der Waals surface area contributed by atoms with E-state index < -0.39 is 0 Å². The average Bonchev–Trinajstić information content (AvgIpc) is 2.74. The average molecular weight is 374 g/mol. The van der Waals surface area contributed by atoms with Gasteiger partial charge in [-0.25, -0.2) is 5.43 Å². The van der Waals surface area contributed by atoms with Gasteiger partial charge in [0.2, 0.25) is 0 Å². The third kappa shape index (κ3) is 5.20. The molecule has 3 rings (SSSR count). The van der Waals surface area contributed by atoms with E-state index >= 15 is 0 Å². The molecule has 0 radical (unpaired) electrons. The van der Waals surface area contributed by atoms with Crippen molar-refractivity contribution < 1.29 is 14.3 Å². The molecule has 142 valence electrons. The van der Waals surface area contributed by atoms with E-state index in [0.29, 0.717) is 23.7 Å². The highest BCUT2D eigenvalue weighted by Crippen LogP contribution is 2.28. The molecular formula is C23H22N2O3. The molecule has 5 heteroatoms. The van der Waals surface area contributed by atoms with Crippen molar-refractivity contribution in [2.24, 2.45) is 5.10 Å². The van der Waals surface area contributed by atoms with E-state index in [2.05, 4.69) is 29.6 Å². The topological polar surface area (TPSA) is 59.9 Å². The van der Waals surface area contributed by atoms with Crippen molar-refractivity contribution in [3.63, 3.8) is 0 Å². The first-order valence-corrected chi connectivity index (χ1v) is 8.90. The van der Waals surface area contributed by atoms with Crippen LogP contribution in [0.1, 0.15) is 27.0 Å². The Morgan fingerprint density at radius 1 is 1.00 bits per heavy atom. The molecule has 5 nitrogen and oxygen atoms in total. The van der Waals surface area contributed by atoms with Crippen molar-refractivity contribution in [3.8, 4) is 11.5 Å². The van der Waals surface area contributed by atoms with Crippen LogP contribution in [-0.2, 0) is 6.61 Å². The molecule has 0 aliphatic heterocycles. The summed E-state index contributed by atoms with van der Waals surface area (Å²) in [4.78, 5) is 12.0. The van der Waals surface area contributed by atoms with Crippen molar-refractivity contribution in [2.45, 2.75) is 13.5 Å². The number of nitrogens with zero attached hydrogens (tertiary/aromatic N) is 1. The summed E-state index contributed by atoms with van der Waals surface area (Å²) in [7, 11) is 1.59. The van der Waals surface area contributed by atoms with Gasteiger partial charge in [0.25, 0.3) is 5.91 Å². The molecule has 3 aromatic rings. The second-order valence-electron chi connectivity index (χ2n) is 6.25. The van der Waals surface area contributed by atoms with Gasteiger partial charge in [-0.2, -0.15) is 5.10 Å². The number of hydrogen-bond acceptors (Lipinski definition) is 4. The summed E-state index contributed by atoms with van der Waals surface area (Å²) in [6.07, 6.45) is 1.56. The molecule has 0 aliphatic rings. The number of amides is 1. The van der Waals surface area contributed by atoms with Gasteiger partial charge in [0, 0.05) is 5.56 Å². The van der Waals surface area contributed by atoms with Crippen molar-refractivity contribution >= 4 is 12.1 Å². The lowest BCUT2D eigenvalue weighted by atomic mass is 10.2. The Bertz CT molecular complexity index is 951. The molecule has 0 saturated heterocycles. The number of benzene rings is 3. The lowest BCUT2D eigenvalue weighted by Gasteiger charge is -2.11. The number of rotatable bonds is 7. The summed E-state index contributed by atoms with van der Waals surface area (Å²) in [5.41, 5.74) is 6.14. The van der Waals surface area contributed by atoms with Gasteiger partial charge in [-0.3, -0.25) is 4.79 Å². The van der Waals surface area contributed by atoms with Crippen LogP contribution in [0.15, 0.2) is 77.9 Å². The van der Waals surface area contributed by atoms with Crippen molar-refractivity contribution in [2.75, 3.05) is 7.11 Å². The molecular weight excluding hydrogens is 352 g/mol. The molecule has 28 heavy (non-hydrogen) atoms. The minimum Gasteiger partial charge on any atom is -0.493 e. The van der Waals surface area contributed by atoms with Crippen LogP contribution in [-0.4, -0.2) is 19.2 Å². The van der Waals surface area contributed by atoms with Crippen LogP contribution in [0.3, 0.4) is 0 Å². The minimum absolute atomic E-state index is 0.262. The number of hydrazone groups is 1. The Morgan fingerprint density at radius 3 is 2.46 bits per heavy atom. The predicted octanol–water partition coefficient (Wildman–Crippen LogP) is 4.35. The molecule has 1 amide bonds. The molecule has 0 atom stereocenters. The van der Waals surface area contributed by atoms with Crippen molar-refractivity contribution in [1.82, 2.24) is 5.43 Å². The number of ether oxygens (including phenoxy) is 2. The Balaban J connectivity index is 1.62. The molecule has 0 aromatic heterocycles. The monoisotopic (exact) mass is 374 g/mol. The minimum atomic E-state index is -0.262. The highest BCUT2D eigenvalue weighted by molar-refractivity contribution is 5.94. The number of hydrogen-bond donors (Lipinski definition) is 1. The summed E-state index contributed by atoms with van der Waals surface area (Å²) < 4.78 is 11.3. The van der Waals surface area contributed by atoms with E-state index in [-0.39, 0.29) is 5.91 Å². The van der Waals surface area contributed by atoms with Crippen LogP contribution in [0.25, 0.3) is 0 Å². The lowest BCUT2D eigenvalue weighted by molar-refractivity contribution is 0.0955. The van der Waals surface area contributed by atoms with E-state index in [4.69, 9.17) is 9.47 Å². The highest BCUT2D eigenvalue weighted by atomic mass is 16.5. The Kier molecular flexibility index (Phi) is 6.41. The molecule has 0 spiro atoms. The number of carbonyl (C=O) groups is 1. The maximum Gasteiger partial charge on any atom is 0.271 e. The highest BCUT2D eigenvalue weighted by Gasteiger charge is 2.06. The fourth-order valence-corrected chi connectivity index (χ4v) is 2.55.